The highest BCUT2D eigenvalue weighted by molar-refractivity contribution is 7.98. The maximum Gasteiger partial charge on any atom is 0.222 e. The number of hydrogen-bond acceptors (Lipinski definition) is 3. The summed E-state index contributed by atoms with van der Waals surface area (Å²) < 4.78 is 0. The van der Waals surface area contributed by atoms with Gasteiger partial charge in [-0.1, -0.05) is 47.5 Å². The zero-order valence-corrected chi connectivity index (χ0v) is 15.2. The van der Waals surface area contributed by atoms with E-state index in [1.165, 1.54) is 0 Å². The molecule has 1 heterocycles. The standard InChI is InChI=1S/C16H13Cl2N3S2/c17-13-7-4-8-14(18)12(13)9-23-10-15-19-20-16(22)21(15)11-5-2-1-3-6-11/h1-8,15H,9-10H2. The van der Waals surface area contributed by atoms with E-state index in [2.05, 4.69) is 10.2 Å². The van der Waals surface area contributed by atoms with Gasteiger partial charge in [0.1, 0.15) is 0 Å². The fourth-order valence-corrected chi connectivity index (χ4v) is 4.28. The normalized spacial score (nSPS) is 17.0. The molecule has 3 rings (SSSR count). The summed E-state index contributed by atoms with van der Waals surface area (Å²) in [4.78, 5) is 1.97. The minimum absolute atomic E-state index is 0.101. The van der Waals surface area contributed by atoms with Gasteiger partial charge in [-0.2, -0.15) is 16.9 Å². The molecule has 0 radical (unpaired) electrons. The van der Waals surface area contributed by atoms with E-state index in [0.29, 0.717) is 15.2 Å². The van der Waals surface area contributed by atoms with Gasteiger partial charge in [-0.25, -0.2) is 0 Å². The number of rotatable bonds is 5. The van der Waals surface area contributed by atoms with Crippen LogP contribution < -0.4 is 4.90 Å². The Morgan fingerprint density at radius 1 is 1.04 bits per heavy atom. The molecule has 0 spiro atoms. The van der Waals surface area contributed by atoms with Gasteiger partial charge in [0.2, 0.25) is 5.11 Å². The summed E-state index contributed by atoms with van der Waals surface area (Å²) in [5.41, 5.74) is 1.95. The summed E-state index contributed by atoms with van der Waals surface area (Å²) in [6.07, 6.45) is -0.101. The number of hydrogen-bond donors (Lipinski definition) is 0. The maximum absolute atomic E-state index is 6.20. The molecule has 1 aliphatic rings. The molecule has 0 saturated heterocycles. The summed E-state index contributed by atoms with van der Waals surface area (Å²) in [5, 5.41) is 10.2. The van der Waals surface area contributed by atoms with Crippen LogP contribution in [0.25, 0.3) is 0 Å². The zero-order valence-electron chi connectivity index (χ0n) is 12.0. The van der Waals surface area contributed by atoms with Crippen molar-refractivity contribution in [2.75, 3.05) is 10.7 Å². The molecule has 2 aromatic rings. The lowest BCUT2D eigenvalue weighted by Gasteiger charge is -2.22. The van der Waals surface area contributed by atoms with Gasteiger partial charge in [0.05, 0.1) is 0 Å². The first kappa shape index (κ1) is 16.7. The van der Waals surface area contributed by atoms with Crippen molar-refractivity contribution >= 4 is 58.0 Å². The molecule has 7 heteroatoms. The molecule has 23 heavy (non-hydrogen) atoms. The molecule has 1 aliphatic heterocycles. The Morgan fingerprint density at radius 2 is 1.74 bits per heavy atom. The van der Waals surface area contributed by atoms with E-state index in [9.17, 15) is 0 Å². The van der Waals surface area contributed by atoms with E-state index < -0.39 is 0 Å². The Bertz CT molecular complexity index is 717. The van der Waals surface area contributed by atoms with Crippen molar-refractivity contribution in [2.45, 2.75) is 11.9 Å². The van der Waals surface area contributed by atoms with Crippen LogP contribution in [0.3, 0.4) is 0 Å². The lowest BCUT2D eigenvalue weighted by atomic mass is 10.2. The van der Waals surface area contributed by atoms with Crippen molar-refractivity contribution < 1.29 is 0 Å². The topological polar surface area (TPSA) is 28.0 Å². The van der Waals surface area contributed by atoms with Gasteiger partial charge in [-0.15, -0.1) is 5.11 Å². The first-order valence-electron chi connectivity index (χ1n) is 6.96. The van der Waals surface area contributed by atoms with E-state index in [0.717, 1.165) is 22.8 Å². The SMILES string of the molecule is S=C1N=NC(CSCc2c(Cl)cccc2Cl)N1c1ccccc1. The van der Waals surface area contributed by atoms with Gasteiger partial charge in [-0.3, -0.25) is 4.90 Å². The summed E-state index contributed by atoms with van der Waals surface area (Å²) in [6.45, 7) is 0. The second-order valence-electron chi connectivity index (χ2n) is 4.90. The molecular weight excluding hydrogens is 369 g/mol. The smallest absolute Gasteiger partial charge is 0.222 e. The van der Waals surface area contributed by atoms with Gasteiger partial charge >= 0.3 is 0 Å². The van der Waals surface area contributed by atoms with E-state index in [1.807, 2.05) is 53.4 Å². The first-order chi connectivity index (χ1) is 11.2. The largest absolute Gasteiger partial charge is 0.290 e. The third kappa shape index (κ3) is 3.86. The third-order valence-electron chi connectivity index (χ3n) is 3.39. The summed E-state index contributed by atoms with van der Waals surface area (Å²) in [7, 11) is 0. The van der Waals surface area contributed by atoms with Crippen LogP contribution in [-0.4, -0.2) is 17.0 Å². The number of para-hydroxylation sites is 1. The Balaban J connectivity index is 1.66. The van der Waals surface area contributed by atoms with Crippen molar-refractivity contribution in [3.05, 3.63) is 64.1 Å². The predicted molar refractivity (Wildman–Crippen MR) is 103 cm³/mol. The molecule has 1 atom stereocenters. The van der Waals surface area contributed by atoms with Crippen LogP contribution in [-0.2, 0) is 5.75 Å². The number of thiocarbonyl (C=S) groups is 1. The molecular formula is C16H13Cl2N3S2. The quantitative estimate of drug-likeness (QED) is 0.611. The average Bonchev–Trinajstić information content (AvgIpc) is 2.92. The molecule has 0 amide bonds. The van der Waals surface area contributed by atoms with Gasteiger partial charge in [0, 0.05) is 27.2 Å². The van der Waals surface area contributed by atoms with E-state index >= 15 is 0 Å². The second kappa shape index (κ2) is 7.62. The van der Waals surface area contributed by atoms with Gasteiger partial charge in [0.15, 0.2) is 6.17 Å². The molecule has 0 fully saturated rings. The maximum atomic E-state index is 6.20. The summed E-state index contributed by atoms with van der Waals surface area (Å²) >= 11 is 19.4. The average molecular weight is 382 g/mol. The van der Waals surface area contributed by atoms with Crippen LogP contribution in [0.2, 0.25) is 10.0 Å². The van der Waals surface area contributed by atoms with Crippen LogP contribution >= 0.6 is 47.2 Å². The Morgan fingerprint density at radius 3 is 2.43 bits per heavy atom. The van der Waals surface area contributed by atoms with E-state index in [1.54, 1.807) is 11.8 Å². The highest BCUT2D eigenvalue weighted by atomic mass is 35.5. The van der Waals surface area contributed by atoms with Crippen LogP contribution in [0.15, 0.2) is 58.8 Å². The third-order valence-corrected chi connectivity index (χ3v) is 5.40. The Hall–Kier alpha value is -1.14. The molecule has 0 saturated carbocycles. The van der Waals surface area contributed by atoms with Gasteiger partial charge in [0.25, 0.3) is 0 Å². The van der Waals surface area contributed by atoms with Crippen molar-refractivity contribution in [2.24, 2.45) is 10.2 Å². The lowest BCUT2D eigenvalue weighted by Crippen LogP contribution is -2.34. The molecule has 0 aromatic heterocycles. The number of anilines is 1. The number of thioether (sulfide) groups is 1. The highest BCUT2D eigenvalue weighted by Gasteiger charge is 2.27. The number of azo groups is 1. The van der Waals surface area contributed by atoms with Crippen LogP contribution in [0, 0.1) is 0 Å². The Kier molecular flexibility index (Phi) is 5.54. The van der Waals surface area contributed by atoms with Gasteiger partial charge in [-0.05, 0) is 42.0 Å². The summed E-state index contributed by atoms with van der Waals surface area (Å²) in [5.74, 6) is 1.47. The fourth-order valence-electron chi connectivity index (χ4n) is 2.26. The van der Waals surface area contributed by atoms with Crippen molar-refractivity contribution in [1.82, 2.24) is 0 Å². The molecule has 0 bridgehead atoms. The summed E-state index contributed by atoms with van der Waals surface area (Å²) in [6, 6.07) is 15.5. The second-order valence-corrected chi connectivity index (χ2v) is 7.11. The monoisotopic (exact) mass is 381 g/mol. The molecule has 3 nitrogen and oxygen atoms in total. The van der Waals surface area contributed by atoms with Crippen molar-refractivity contribution in [3.63, 3.8) is 0 Å². The van der Waals surface area contributed by atoms with Crippen LogP contribution in [0.1, 0.15) is 5.56 Å². The molecule has 1 unspecified atom stereocenters. The minimum Gasteiger partial charge on any atom is -0.290 e. The fraction of sp³-hybridized carbons (Fsp3) is 0.188. The Labute approximate surface area is 154 Å². The van der Waals surface area contributed by atoms with Crippen LogP contribution in [0.5, 0.6) is 0 Å². The number of benzene rings is 2. The van der Waals surface area contributed by atoms with Crippen molar-refractivity contribution in [3.8, 4) is 0 Å². The highest BCUT2D eigenvalue weighted by Crippen LogP contribution is 2.31. The molecule has 118 valence electrons. The molecule has 2 aromatic carbocycles. The minimum atomic E-state index is -0.101. The molecule has 0 N–H and O–H groups in total. The van der Waals surface area contributed by atoms with Crippen LogP contribution in [0.4, 0.5) is 5.69 Å². The first-order valence-corrected chi connectivity index (χ1v) is 9.28. The zero-order chi connectivity index (χ0) is 16.2. The number of halogens is 2. The molecule has 0 aliphatic carbocycles. The van der Waals surface area contributed by atoms with Gasteiger partial charge < -0.3 is 0 Å². The van der Waals surface area contributed by atoms with E-state index in [-0.39, 0.29) is 6.17 Å². The predicted octanol–water partition coefficient (Wildman–Crippen LogP) is 5.81. The van der Waals surface area contributed by atoms with E-state index in [4.69, 9.17) is 35.4 Å². The number of nitrogens with zero attached hydrogens (tertiary/aromatic N) is 3. The van der Waals surface area contributed by atoms with Crippen molar-refractivity contribution in [1.29, 1.82) is 0 Å². The lowest BCUT2D eigenvalue weighted by molar-refractivity contribution is 0.792.